The quantitative estimate of drug-likeness (QED) is 0.763. The Bertz CT molecular complexity index is 434. The molecule has 0 spiro atoms. The van der Waals surface area contributed by atoms with Crippen molar-refractivity contribution in [2.75, 3.05) is 11.6 Å². The first-order valence-electron chi connectivity index (χ1n) is 4.13. The predicted molar refractivity (Wildman–Crippen MR) is 58.8 cm³/mol. The van der Waals surface area contributed by atoms with Gasteiger partial charge in [-0.1, -0.05) is 23.2 Å². The summed E-state index contributed by atoms with van der Waals surface area (Å²) in [5.41, 5.74) is 0.519. The van der Waals surface area contributed by atoms with Gasteiger partial charge in [0, 0.05) is 0 Å². The predicted octanol–water partition coefficient (Wildman–Crippen LogP) is 2.94. The van der Waals surface area contributed by atoms with Gasteiger partial charge in [-0.25, -0.2) is 4.79 Å². The highest BCUT2D eigenvalue weighted by Gasteiger charge is 2.19. The Labute approximate surface area is 96.0 Å². The number of nitrogens with zero attached hydrogens (tertiary/aromatic N) is 2. The first-order valence-corrected chi connectivity index (χ1v) is 4.88. The van der Waals surface area contributed by atoms with Gasteiger partial charge in [-0.15, -0.1) is 0 Å². The number of carbonyl (C=O) groups excluding carboxylic acids is 1. The molecular formula is C9H6Cl2N2O2. The third-order valence-corrected chi connectivity index (χ3v) is 2.54. The minimum absolute atomic E-state index is 0.191. The van der Waals surface area contributed by atoms with E-state index < -0.39 is 6.09 Å². The zero-order valence-corrected chi connectivity index (χ0v) is 9.00. The Kier molecular flexibility index (Phi) is 2.79. The third kappa shape index (κ3) is 2.06. The lowest BCUT2D eigenvalue weighted by Crippen LogP contribution is -2.31. The van der Waals surface area contributed by atoms with Crippen LogP contribution in [0.2, 0.25) is 10.0 Å². The Morgan fingerprint density at radius 3 is 2.80 bits per heavy atom. The lowest BCUT2D eigenvalue weighted by atomic mass is 10.3. The molecule has 78 valence electrons. The number of anilines is 1. The largest absolute Gasteiger partial charge is 0.442 e. The van der Waals surface area contributed by atoms with Crippen molar-refractivity contribution in [3.8, 4) is 0 Å². The van der Waals surface area contributed by atoms with Crippen LogP contribution in [0.3, 0.4) is 0 Å². The Morgan fingerprint density at radius 1 is 1.33 bits per heavy atom. The lowest BCUT2D eigenvalue weighted by molar-refractivity contribution is 0.167. The van der Waals surface area contributed by atoms with Crippen LogP contribution in [0.15, 0.2) is 23.3 Å². The molecule has 0 bridgehead atoms. The molecule has 0 unspecified atom stereocenters. The average molecular weight is 245 g/mol. The van der Waals surface area contributed by atoms with Gasteiger partial charge in [0.1, 0.15) is 6.61 Å². The SMILES string of the molecule is O=C1OCC=NN1c1ccc(Cl)c(Cl)c1. The van der Waals surface area contributed by atoms with E-state index in [1.165, 1.54) is 6.21 Å². The number of cyclic esters (lactones) is 1. The highest BCUT2D eigenvalue weighted by atomic mass is 35.5. The summed E-state index contributed by atoms with van der Waals surface area (Å²) >= 11 is 11.6. The fraction of sp³-hybridized carbons (Fsp3) is 0.111. The van der Waals surface area contributed by atoms with Crippen molar-refractivity contribution < 1.29 is 9.53 Å². The molecule has 1 heterocycles. The van der Waals surface area contributed by atoms with Crippen LogP contribution in [0.1, 0.15) is 0 Å². The number of hydrazone groups is 1. The van der Waals surface area contributed by atoms with Crippen molar-refractivity contribution in [1.82, 2.24) is 0 Å². The fourth-order valence-corrected chi connectivity index (χ4v) is 1.41. The molecule has 0 saturated carbocycles. The van der Waals surface area contributed by atoms with Gasteiger partial charge in [0.05, 0.1) is 21.9 Å². The van der Waals surface area contributed by atoms with Crippen molar-refractivity contribution in [3.05, 3.63) is 28.2 Å². The van der Waals surface area contributed by atoms with Crippen LogP contribution in [-0.4, -0.2) is 18.9 Å². The molecule has 6 heteroatoms. The molecule has 15 heavy (non-hydrogen) atoms. The van der Waals surface area contributed by atoms with E-state index in [1.54, 1.807) is 18.2 Å². The van der Waals surface area contributed by atoms with Crippen LogP contribution in [0.4, 0.5) is 10.5 Å². The zero-order valence-electron chi connectivity index (χ0n) is 7.48. The Balaban J connectivity index is 2.36. The standard InChI is InChI=1S/C9H6Cl2N2O2/c10-7-2-1-6(5-8(7)11)13-9(14)15-4-3-12-13/h1-3,5H,4H2. The first kappa shape index (κ1) is 10.3. The van der Waals surface area contributed by atoms with Gasteiger partial charge in [-0.2, -0.15) is 10.1 Å². The summed E-state index contributed by atoms with van der Waals surface area (Å²) in [6, 6.07) is 4.78. The molecule has 1 aliphatic rings. The van der Waals surface area contributed by atoms with E-state index in [9.17, 15) is 4.79 Å². The number of halogens is 2. The van der Waals surface area contributed by atoms with Crippen molar-refractivity contribution >= 4 is 41.2 Å². The smallest absolute Gasteiger partial charge is 0.435 e. The fourth-order valence-electron chi connectivity index (χ4n) is 1.12. The van der Waals surface area contributed by atoms with Crippen LogP contribution < -0.4 is 5.01 Å². The molecule has 0 aromatic heterocycles. The van der Waals surface area contributed by atoms with Gasteiger partial charge in [0.2, 0.25) is 0 Å². The molecule has 0 atom stereocenters. The number of hydrogen-bond donors (Lipinski definition) is 0. The molecule has 4 nitrogen and oxygen atoms in total. The number of hydrogen-bond acceptors (Lipinski definition) is 3. The van der Waals surface area contributed by atoms with Crippen molar-refractivity contribution in [3.63, 3.8) is 0 Å². The highest BCUT2D eigenvalue weighted by Crippen LogP contribution is 2.28. The van der Waals surface area contributed by atoms with E-state index in [2.05, 4.69) is 5.10 Å². The van der Waals surface area contributed by atoms with E-state index in [4.69, 9.17) is 27.9 Å². The molecule has 0 radical (unpaired) electrons. The molecule has 1 amide bonds. The van der Waals surface area contributed by atoms with Gasteiger partial charge < -0.3 is 4.74 Å². The number of carbonyl (C=O) groups is 1. The molecule has 2 rings (SSSR count). The van der Waals surface area contributed by atoms with Gasteiger partial charge >= 0.3 is 6.09 Å². The number of ether oxygens (including phenoxy) is 1. The van der Waals surface area contributed by atoms with Gasteiger partial charge in [0.15, 0.2) is 0 Å². The van der Waals surface area contributed by atoms with Crippen molar-refractivity contribution in [1.29, 1.82) is 0 Å². The summed E-state index contributed by atoms with van der Waals surface area (Å²) in [4.78, 5) is 11.3. The summed E-state index contributed by atoms with van der Waals surface area (Å²) in [5, 5.41) is 5.79. The molecule has 0 N–H and O–H groups in total. The van der Waals surface area contributed by atoms with Gasteiger partial charge in [-0.05, 0) is 18.2 Å². The second kappa shape index (κ2) is 4.08. The van der Waals surface area contributed by atoms with Crippen molar-refractivity contribution in [2.45, 2.75) is 0 Å². The zero-order chi connectivity index (χ0) is 10.8. The number of benzene rings is 1. The summed E-state index contributed by atoms with van der Waals surface area (Å²) in [6.45, 7) is 0.191. The summed E-state index contributed by atoms with van der Waals surface area (Å²) in [5.74, 6) is 0. The van der Waals surface area contributed by atoms with Gasteiger partial charge in [0.25, 0.3) is 0 Å². The van der Waals surface area contributed by atoms with Crippen LogP contribution in [-0.2, 0) is 4.74 Å². The molecule has 0 fully saturated rings. The number of rotatable bonds is 1. The Hall–Kier alpha value is -1.26. The maximum atomic E-state index is 11.3. The highest BCUT2D eigenvalue weighted by molar-refractivity contribution is 6.42. The summed E-state index contributed by atoms with van der Waals surface area (Å²) < 4.78 is 4.78. The van der Waals surface area contributed by atoms with Crippen molar-refractivity contribution in [2.24, 2.45) is 5.10 Å². The van der Waals surface area contributed by atoms with E-state index in [0.717, 1.165) is 5.01 Å². The molecule has 1 aromatic rings. The van der Waals surface area contributed by atoms with E-state index in [-0.39, 0.29) is 6.61 Å². The van der Waals surface area contributed by atoms with Crippen LogP contribution >= 0.6 is 23.2 Å². The molecular weight excluding hydrogens is 239 g/mol. The monoisotopic (exact) mass is 244 g/mol. The lowest BCUT2D eigenvalue weighted by Gasteiger charge is -2.19. The maximum Gasteiger partial charge on any atom is 0.435 e. The molecule has 0 aliphatic carbocycles. The van der Waals surface area contributed by atoms with Crippen LogP contribution in [0.5, 0.6) is 0 Å². The Morgan fingerprint density at radius 2 is 2.13 bits per heavy atom. The van der Waals surface area contributed by atoms with E-state index in [0.29, 0.717) is 15.7 Å². The summed E-state index contributed by atoms with van der Waals surface area (Å²) in [6.07, 6.45) is 0.958. The maximum absolute atomic E-state index is 11.3. The second-order valence-corrected chi connectivity index (χ2v) is 3.60. The van der Waals surface area contributed by atoms with E-state index >= 15 is 0 Å². The average Bonchev–Trinajstić information content (AvgIpc) is 2.23. The van der Waals surface area contributed by atoms with Crippen LogP contribution in [0.25, 0.3) is 0 Å². The van der Waals surface area contributed by atoms with E-state index in [1.807, 2.05) is 0 Å². The van der Waals surface area contributed by atoms with Crippen LogP contribution in [0, 0.1) is 0 Å². The molecule has 1 aliphatic heterocycles. The second-order valence-electron chi connectivity index (χ2n) is 2.79. The van der Waals surface area contributed by atoms with Gasteiger partial charge in [-0.3, -0.25) is 0 Å². The minimum atomic E-state index is -0.532. The third-order valence-electron chi connectivity index (χ3n) is 1.80. The summed E-state index contributed by atoms with van der Waals surface area (Å²) in [7, 11) is 0. The normalized spacial score (nSPS) is 15.3. The molecule has 0 saturated heterocycles. The molecule has 1 aromatic carbocycles. The topological polar surface area (TPSA) is 41.9 Å². The minimum Gasteiger partial charge on any atom is -0.442 e. The first-order chi connectivity index (χ1) is 7.18. The number of amides is 1.